The molecule has 0 radical (unpaired) electrons. The molecular formula is C24H25NO5. The molecule has 2 aromatic rings. The van der Waals surface area contributed by atoms with Gasteiger partial charge in [-0.05, 0) is 61.6 Å². The lowest BCUT2D eigenvalue weighted by Crippen LogP contribution is -2.49. The molecule has 156 valence electrons. The average Bonchev–Trinajstić information content (AvgIpc) is 3.25. The van der Waals surface area contributed by atoms with Crippen LogP contribution >= 0.6 is 0 Å². The summed E-state index contributed by atoms with van der Waals surface area (Å²) in [5.74, 6) is -0.143. The minimum absolute atomic E-state index is 0.167. The Hall–Kier alpha value is -3.15. The third kappa shape index (κ3) is 4.08. The first-order chi connectivity index (χ1) is 14.5. The Morgan fingerprint density at radius 3 is 2.80 bits per heavy atom. The van der Waals surface area contributed by atoms with Crippen LogP contribution in [0.1, 0.15) is 51.1 Å². The van der Waals surface area contributed by atoms with Gasteiger partial charge in [-0.25, -0.2) is 4.79 Å². The highest BCUT2D eigenvalue weighted by atomic mass is 16.5. The smallest absolute Gasteiger partial charge is 0.329 e. The monoisotopic (exact) mass is 407 g/mol. The summed E-state index contributed by atoms with van der Waals surface area (Å²) in [7, 11) is 0. The number of piperidine rings is 1. The quantitative estimate of drug-likeness (QED) is 0.561. The zero-order valence-corrected chi connectivity index (χ0v) is 17.1. The summed E-state index contributed by atoms with van der Waals surface area (Å²) in [6, 6.07) is 12.0. The lowest BCUT2D eigenvalue weighted by Gasteiger charge is -2.34. The molecule has 0 aliphatic carbocycles. The second kappa shape index (κ2) is 8.69. The highest BCUT2D eigenvalue weighted by Crippen LogP contribution is 2.26. The van der Waals surface area contributed by atoms with Gasteiger partial charge in [-0.1, -0.05) is 18.2 Å². The molecule has 1 fully saturated rings. The van der Waals surface area contributed by atoms with Gasteiger partial charge in [-0.15, -0.1) is 0 Å². The third-order valence-electron chi connectivity index (χ3n) is 5.77. The van der Waals surface area contributed by atoms with Gasteiger partial charge in [0.05, 0.1) is 6.61 Å². The first-order valence-electron chi connectivity index (χ1n) is 10.4. The standard InChI is InChI=1S/C24H25NO5/c1-16-6-2-3-7-19(16)23(27)25-12-5-4-8-20(25)24(28)30-15-21(26)17-9-10-22-18(14-17)11-13-29-22/h2-3,6-7,9-10,14,20H,4-5,8,11-13,15H2,1H3. The van der Waals surface area contributed by atoms with Crippen molar-refractivity contribution < 1.29 is 23.9 Å². The minimum Gasteiger partial charge on any atom is -0.493 e. The van der Waals surface area contributed by atoms with Crippen LogP contribution in [0.5, 0.6) is 5.75 Å². The molecule has 2 aliphatic rings. The highest BCUT2D eigenvalue weighted by Gasteiger charge is 2.34. The summed E-state index contributed by atoms with van der Waals surface area (Å²) in [4.78, 5) is 39.9. The van der Waals surface area contributed by atoms with Gasteiger partial charge in [-0.2, -0.15) is 0 Å². The SMILES string of the molecule is Cc1ccccc1C(=O)N1CCCCC1C(=O)OCC(=O)c1ccc2c(c1)CCO2. The maximum absolute atomic E-state index is 13.0. The second-order valence-electron chi connectivity index (χ2n) is 7.78. The van der Waals surface area contributed by atoms with Crippen LogP contribution < -0.4 is 4.74 Å². The fraction of sp³-hybridized carbons (Fsp3) is 0.375. The molecule has 1 unspecified atom stereocenters. The van der Waals surface area contributed by atoms with E-state index in [1.165, 1.54) is 0 Å². The van der Waals surface area contributed by atoms with E-state index in [-0.39, 0.29) is 18.3 Å². The predicted molar refractivity (Wildman–Crippen MR) is 111 cm³/mol. The van der Waals surface area contributed by atoms with Gasteiger partial charge in [0.25, 0.3) is 5.91 Å². The topological polar surface area (TPSA) is 72.9 Å². The number of hydrogen-bond donors (Lipinski definition) is 0. The molecule has 1 saturated heterocycles. The number of Topliss-reactive ketones (excluding diaryl/α,β-unsaturated/α-hetero) is 1. The number of esters is 1. The van der Waals surface area contributed by atoms with E-state index in [2.05, 4.69) is 0 Å². The van der Waals surface area contributed by atoms with Crippen LogP contribution in [0.3, 0.4) is 0 Å². The number of carbonyl (C=O) groups excluding carboxylic acids is 3. The summed E-state index contributed by atoms with van der Waals surface area (Å²) in [5.41, 5.74) is 2.96. The summed E-state index contributed by atoms with van der Waals surface area (Å²) >= 11 is 0. The number of carbonyl (C=O) groups is 3. The largest absolute Gasteiger partial charge is 0.493 e. The van der Waals surface area contributed by atoms with Crippen molar-refractivity contribution >= 4 is 17.7 Å². The Morgan fingerprint density at radius 1 is 1.13 bits per heavy atom. The molecule has 0 N–H and O–H groups in total. The van der Waals surface area contributed by atoms with Crippen molar-refractivity contribution in [3.05, 3.63) is 64.7 Å². The molecule has 30 heavy (non-hydrogen) atoms. The van der Waals surface area contributed by atoms with Crippen LogP contribution in [0.15, 0.2) is 42.5 Å². The fourth-order valence-electron chi connectivity index (χ4n) is 4.06. The maximum atomic E-state index is 13.0. The van der Waals surface area contributed by atoms with Crippen LogP contribution in [0.4, 0.5) is 0 Å². The van der Waals surface area contributed by atoms with Gasteiger partial charge < -0.3 is 14.4 Å². The molecular weight excluding hydrogens is 382 g/mol. The number of ketones is 1. The maximum Gasteiger partial charge on any atom is 0.329 e. The molecule has 2 aliphatic heterocycles. The van der Waals surface area contributed by atoms with Gasteiger partial charge in [0.1, 0.15) is 11.8 Å². The summed E-state index contributed by atoms with van der Waals surface area (Å²) < 4.78 is 10.8. The Labute approximate surface area is 175 Å². The van der Waals surface area contributed by atoms with Gasteiger partial charge >= 0.3 is 5.97 Å². The molecule has 2 aromatic carbocycles. The number of fused-ring (bicyclic) bond motifs is 1. The van der Waals surface area contributed by atoms with Crippen LogP contribution in [0, 0.1) is 6.92 Å². The van der Waals surface area contributed by atoms with Gasteiger partial charge in [0.15, 0.2) is 12.4 Å². The molecule has 6 nitrogen and oxygen atoms in total. The van der Waals surface area contributed by atoms with Crippen LogP contribution in [-0.4, -0.2) is 48.4 Å². The molecule has 4 rings (SSSR count). The molecule has 1 atom stereocenters. The van der Waals surface area contributed by atoms with Crippen molar-refractivity contribution in [2.75, 3.05) is 19.8 Å². The lowest BCUT2D eigenvalue weighted by molar-refractivity contribution is -0.149. The van der Waals surface area contributed by atoms with Crippen LogP contribution in [0.25, 0.3) is 0 Å². The van der Waals surface area contributed by atoms with Crippen molar-refractivity contribution in [3.63, 3.8) is 0 Å². The molecule has 0 aromatic heterocycles. The number of ether oxygens (including phenoxy) is 2. The predicted octanol–water partition coefficient (Wildman–Crippen LogP) is 3.35. The van der Waals surface area contributed by atoms with Crippen LogP contribution in [-0.2, 0) is 16.0 Å². The van der Waals surface area contributed by atoms with Gasteiger partial charge in [0, 0.05) is 24.1 Å². The number of likely N-dealkylation sites (tertiary alicyclic amines) is 1. The van der Waals surface area contributed by atoms with E-state index in [1.807, 2.05) is 25.1 Å². The number of aryl methyl sites for hydroxylation is 1. The van der Waals surface area contributed by atoms with E-state index in [4.69, 9.17) is 9.47 Å². The molecule has 0 spiro atoms. The van der Waals surface area contributed by atoms with E-state index in [1.54, 1.807) is 29.2 Å². The van der Waals surface area contributed by atoms with Crippen molar-refractivity contribution in [1.82, 2.24) is 4.90 Å². The zero-order chi connectivity index (χ0) is 21.1. The number of hydrogen-bond acceptors (Lipinski definition) is 5. The lowest BCUT2D eigenvalue weighted by atomic mass is 9.99. The first-order valence-corrected chi connectivity index (χ1v) is 10.4. The second-order valence-corrected chi connectivity index (χ2v) is 7.78. The van der Waals surface area contributed by atoms with E-state index in [0.29, 0.717) is 30.7 Å². The van der Waals surface area contributed by atoms with Crippen molar-refractivity contribution in [2.24, 2.45) is 0 Å². The number of benzene rings is 2. The number of nitrogens with zero attached hydrogens (tertiary/aromatic N) is 1. The molecule has 2 heterocycles. The van der Waals surface area contributed by atoms with Crippen molar-refractivity contribution in [2.45, 2.75) is 38.6 Å². The number of amides is 1. The zero-order valence-electron chi connectivity index (χ0n) is 17.1. The van der Waals surface area contributed by atoms with E-state index >= 15 is 0 Å². The Morgan fingerprint density at radius 2 is 1.97 bits per heavy atom. The molecule has 0 saturated carbocycles. The van der Waals surface area contributed by atoms with Gasteiger partial charge in [0.2, 0.25) is 0 Å². The van der Waals surface area contributed by atoms with E-state index in [0.717, 1.165) is 36.1 Å². The molecule has 0 bridgehead atoms. The van der Waals surface area contributed by atoms with Crippen LogP contribution in [0.2, 0.25) is 0 Å². The molecule has 1 amide bonds. The summed E-state index contributed by atoms with van der Waals surface area (Å²) in [5, 5.41) is 0. The fourth-order valence-corrected chi connectivity index (χ4v) is 4.06. The normalized spacial score (nSPS) is 17.8. The Balaban J connectivity index is 1.41. The van der Waals surface area contributed by atoms with Gasteiger partial charge in [-0.3, -0.25) is 9.59 Å². The first kappa shape index (κ1) is 20.1. The van der Waals surface area contributed by atoms with Crippen molar-refractivity contribution in [3.8, 4) is 5.75 Å². The average molecular weight is 407 g/mol. The summed E-state index contributed by atoms with van der Waals surface area (Å²) in [6.45, 7) is 2.67. The third-order valence-corrected chi connectivity index (χ3v) is 5.77. The van der Waals surface area contributed by atoms with E-state index < -0.39 is 12.0 Å². The highest BCUT2D eigenvalue weighted by molar-refractivity contribution is 6.00. The number of rotatable bonds is 5. The minimum atomic E-state index is -0.660. The Bertz CT molecular complexity index is 983. The Kier molecular flexibility index (Phi) is 5.84. The van der Waals surface area contributed by atoms with Crippen molar-refractivity contribution in [1.29, 1.82) is 0 Å². The molecule has 6 heteroatoms. The van der Waals surface area contributed by atoms with E-state index in [9.17, 15) is 14.4 Å². The summed E-state index contributed by atoms with van der Waals surface area (Å²) in [6.07, 6.45) is 3.00.